The number of aryl methyl sites for hydroxylation is 3. The van der Waals surface area contributed by atoms with E-state index in [1.807, 2.05) is 46.2 Å². The first-order valence-corrected chi connectivity index (χ1v) is 9.78. The summed E-state index contributed by atoms with van der Waals surface area (Å²) in [7, 11) is 0. The lowest BCUT2D eigenvalue weighted by molar-refractivity contribution is 0.0482. The first-order chi connectivity index (χ1) is 13.7. The molecule has 1 atom stereocenters. The van der Waals surface area contributed by atoms with Gasteiger partial charge < -0.3 is 9.64 Å². The standard InChI is InChI=1S/C21H23N5O2/c27-20(18-7-12-26(23-18)15-14-25-11-3-10-22-25)24-13-9-21(16-24)8-6-17-4-1-2-5-19(17)28-21/h1-5,7,10-12H,6,8-9,13-16H2/t21-/m0/s1. The number of para-hydroxylation sites is 1. The van der Waals surface area contributed by atoms with Gasteiger partial charge >= 0.3 is 0 Å². The van der Waals surface area contributed by atoms with E-state index in [4.69, 9.17) is 4.74 Å². The Balaban J connectivity index is 1.23. The van der Waals surface area contributed by atoms with Gasteiger partial charge in [0.05, 0.1) is 19.6 Å². The molecule has 144 valence electrons. The van der Waals surface area contributed by atoms with Crippen LogP contribution in [0.2, 0.25) is 0 Å². The van der Waals surface area contributed by atoms with E-state index in [-0.39, 0.29) is 11.5 Å². The molecule has 1 aromatic carbocycles. The van der Waals surface area contributed by atoms with Gasteiger partial charge in [0.1, 0.15) is 17.0 Å². The fourth-order valence-electron chi connectivity index (χ4n) is 4.16. The Bertz CT molecular complexity index is 980. The van der Waals surface area contributed by atoms with Gasteiger partial charge in [-0.3, -0.25) is 14.2 Å². The lowest BCUT2D eigenvalue weighted by Gasteiger charge is -2.35. The Morgan fingerprint density at radius 2 is 1.96 bits per heavy atom. The van der Waals surface area contributed by atoms with Crippen LogP contribution in [0.3, 0.4) is 0 Å². The largest absolute Gasteiger partial charge is 0.485 e. The number of carbonyl (C=O) groups is 1. The van der Waals surface area contributed by atoms with Crippen molar-refractivity contribution in [3.63, 3.8) is 0 Å². The predicted molar refractivity (Wildman–Crippen MR) is 103 cm³/mol. The molecule has 5 rings (SSSR count). The first-order valence-electron chi connectivity index (χ1n) is 9.78. The van der Waals surface area contributed by atoms with E-state index in [1.54, 1.807) is 16.9 Å². The quantitative estimate of drug-likeness (QED) is 0.700. The topological polar surface area (TPSA) is 65.2 Å². The minimum atomic E-state index is -0.257. The Morgan fingerprint density at radius 1 is 1.07 bits per heavy atom. The molecule has 28 heavy (non-hydrogen) atoms. The third-order valence-electron chi connectivity index (χ3n) is 5.73. The molecule has 7 heteroatoms. The van der Waals surface area contributed by atoms with Gasteiger partial charge in [-0.1, -0.05) is 18.2 Å². The number of ether oxygens (including phenoxy) is 1. The highest BCUT2D eigenvalue weighted by Crippen LogP contribution is 2.38. The molecule has 0 aliphatic carbocycles. The highest BCUT2D eigenvalue weighted by Gasteiger charge is 2.44. The van der Waals surface area contributed by atoms with Crippen molar-refractivity contribution in [2.45, 2.75) is 38.0 Å². The molecule has 7 nitrogen and oxygen atoms in total. The third-order valence-corrected chi connectivity index (χ3v) is 5.73. The molecule has 0 bridgehead atoms. The summed E-state index contributed by atoms with van der Waals surface area (Å²) in [5.74, 6) is 0.947. The fourth-order valence-corrected chi connectivity index (χ4v) is 4.16. The zero-order chi connectivity index (χ0) is 19.0. The van der Waals surface area contributed by atoms with Gasteiger partial charge in [-0.05, 0) is 36.6 Å². The molecule has 1 amide bonds. The van der Waals surface area contributed by atoms with Crippen LogP contribution >= 0.6 is 0 Å². The van der Waals surface area contributed by atoms with Crippen molar-refractivity contribution >= 4 is 5.91 Å². The van der Waals surface area contributed by atoms with Crippen molar-refractivity contribution in [1.82, 2.24) is 24.5 Å². The molecule has 0 N–H and O–H groups in total. The monoisotopic (exact) mass is 377 g/mol. The van der Waals surface area contributed by atoms with E-state index in [0.717, 1.165) is 31.6 Å². The predicted octanol–water partition coefficient (Wildman–Crippen LogP) is 2.39. The maximum Gasteiger partial charge on any atom is 0.274 e. The summed E-state index contributed by atoms with van der Waals surface area (Å²) in [5.41, 5.74) is 1.50. The van der Waals surface area contributed by atoms with E-state index >= 15 is 0 Å². The lowest BCUT2D eigenvalue weighted by Crippen LogP contribution is -2.43. The summed E-state index contributed by atoms with van der Waals surface area (Å²) in [4.78, 5) is 14.8. The molecule has 1 saturated heterocycles. The van der Waals surface area contributed by atoms with Gasteiger partial charge in [-0.25, -0.2) is 0 Å². The van der Waals surface area contributed by atoms with Crippen LogP contribution in [-0.4, -0.2) is 49.1 Å². The highest BCUT2D eigenvalue weighted by atomic mass is 16.5. The average Bonchev–Trinajstić information content (AvgIpc) is 3.47. The van der Waals surface area contributed by atoms with Crippen LogP contribution in [-0.2, 0) is 19.5 Å². The average molecular weight is 377 g/mol. The van der Waals surface area contributed by atoms with Crippen LogP contribution < -0.4 is 4.74 Å². The van der Waals surface area contributed by atoms with Crippen molar-refractivity contribution in [1.29, 1.82) is 0 Å². The molecule has 2 aromatic heterocycles. The normalized spacial score (nSPS) is 20.9. The number of aromatic nitrogens is 4. The van der Waals surface area contributed by atoms with Crippen molar-refractivity contribution < 1.29 is 9.53 Å². The molecule has 4 heterocycles. The van der Waals surface area contributed by atoms with Crippen molar-refractivity contribution in [3.8, 4) is 5.75 Å². The van der Waals surface area contributed by atoms with Gasteiger partial charge in [-0.15, -0.1) is 0 Å². The minimum absolute atomic E-state index is 0.0165. The smallest absolute Gasteiger partial charge is 0.274 e. The molecule has 3 aromatic rings. The Morgan fingerprint density at radius 3 is 2.86 bits per heavy atom. The summed E-state index contributed by atoms with van der Waals surface area (Å²) in [6, 6.07) is 11.9. The van der Waals surface area contributed by atoms with E-state index in [9.17, 15) is 4.79 Å². The van der Waals surface area contributed by atoms with Crippen LogP contribution in [0.25, 0.3) is 0 Å². The molecular formula is C21H23N5O2. The summed E-state index contributed by atoms with van der Waals surface area (Å²) in [5, 5.41) is 8.65. The molecule has 2 aliphatic heterocycles. The second-order valence-corrected chi connectivity index (χ2v) is 7.60. The number of carbonyl (C=O) groups excluding carboxylic acids is 1. The number of benzene rings is 1. The Kier molecular flexibility index (Phi) is 4.15. The van der Waals surface area contributed by atoms with Gasteiger partial charge in [0.25, 0.3) is 5.91 Å². The number of amides is 1. The maximum atomic E-state index is 12.9. The van der Waals surface area contributed by atoms with Crippen LogP contribution in [0.1, 0.15) is 28.9 Å². The molecule has 1 fully saturated rings. The molecule has 1 spiro atoms. The number of rotatable bonds is 4. The number of fused-ring (bicyclic) bond motifs is 1. The fraction of sp³-hybridized carbons (Fsp3) is 0.381. The maximum absolute atomic E-state index is 12.9. The van der Waals surface area contributed by atoms with Crippen molar-refractivity contribution in [2.24, 2.45) is 0 Å². The number of hydrogen-bond donors (Lipinski definition) is 0. The number of likely N-dealkylation sites (tertiary alicyclic amines) is 1. The minimum Gasteiger partial charge on any atom is -0.485 e. The Labute approximate surface area is 163 Å². The second kappa shape index (κ2) is 6.82. The van der Waals surface area contributed by atoms with Gasteiger partial charge in [-0.2, -0.15) is 10.2 Å². The van der Waals surface area contributed by atoms with Gasteiger partial charge in [0.15, 0.2) is 0 Å². The third kappa shape index (κ3) is 3.17. The SMILES string of the molecule is O=C(c1ccn(CCn2cccn2)n1)N1CC[C@@]2(CCc3ccccc3O2)C1. The Hall–Kier alpha value is -3.09. The van der Waals surface area contributed by atoms with Crippen molar-refractivity contribution in [3.05, 3.63) is 66.2 Å². The van der Waals surface area contributed by atoms with E-state index in [2.05, 4.69) is 16.3 Å². The van der Waals surface area contributed by atoms with Crippen molar-refractivity contribution in [2.75, 3.05) is 13.1 Å². The van der Waals surface area contributed by atoms with Crippen LogP contribution in [0.15, 0.2) is 55.0 Å². The van der Waals surface area contributed by atoms with E-state index in [1.165, 1.54) is 5.56 Å². The number of hydrogen-bond acceptors (Lipinski definition) is 4. The molecule has 2 aliphatic rings. The molecule has 0 unspecified atom stereocenters. The zero-order valence-corrected chi connectivity index (χ0v) is 15.7. The summed E-state index contributed by atoms with van der Waals surface area (Å²) in [6.45, 7) is 2.74. The number of nitrogens with zero attached hydrogens (tertiary/aromatic N) is 5. The van der Waals surface area contributed by atoms with Crippen LogP contribution in [0, 0.1) is 0 Å². The zero-order valence-electron chi connectivity index (χ0n) is 15.7. The summed E-state index contributed by atoms with van der Waals surface area (Å²) < 4.78 is 10.0. The van der Waals surface area contributed by atoms with Gasteiger partial charge in [0, 0.05) is 31.6 Å². The van der Waals surface area contributed by atoms with Gasteiger partial charge in [0.2, 0.25) is 0 Å². The van der Waals surface area contributed by atoms with Crippen LogP contribution in [0.5, 0.6) is 5.75 Å². The van der Waals surface area contributed by atoms with E-state index in [0.29, 0.717) is 25.3 Å². The van der Waals surface area contributed by atoms with Crippen LogP contribution in [0.4, 0.5) is 0 Å². The lowest BCUT2D eigenvalue weighted by atomic mass is 9.90. The molecule has 0 radical (unpaired) electrons. The molecular weight excluding hydrogens is 354 g/mol. The second-order valence-electron chi connectivity index (χ2n) is 7.60. The first kappa shape index (κ1) is 17.0. The summed E-state index contributed by atoms with van der Waals surface area (Å²) in [6.07, 6.45) is 8.35. The van der Waals surface area contributed by atoms with E-state index < -0.39 is 0 Å². The molecule has 0 saturated carbocycles. The highest BCUT2D eigenvalue weighted by molar-refractivity contribution is 5.92. The summed E-state index contributed by atoms with van der Waals surface area (Å²) >= 11 is 0.